The summed E-state index contributed by atoms with van der Waals surface area (Å²) >= 11 is 0. The average Bonchev–Trinajstić information content (AvgIpc) is 2.39. The summed E-state index contributed by atoms with van der Waals surface area (Å²) in [4.78, 5) is 12.1. The molecular weight excluding hydrogens is 236 g/mol. The summed E-state index contributed by atoms with van der Waals surface area (Å²) < 4.78 is 16.1. The van der Waals surface area contributed by atoms with Crippen molar-refractivity contribution >= 4 is 16.8 Å². The van der Waals surface area contributed by atoms with Gasteiger partial charge in [-0.15, -0.1) is 0 Å². The predicted octanol–water partition coefficient (Wildman–Crippen LogP) is 1.76. The molecule has 0 saturated carbocycles. The molecule has 0 amide bonds. The highest BCUT2D eigenvalue weighted by Gasteiger charge is 2.47. The molecular formula is C13H14O3S. The van der Waals surface area contributed by atoms with Gasteiger partial charge in [0.15, 0.2) is 4.75 Å². The Kier molecular flexibility index (Phi) is 3.43. The number of carbonyl (C=O) groups excluding carboxylic acids is 1. The van der Waals surface area contributed by atoms with Crippen molar-refractivity contribution in [3.63, 3.8) is 0 Å². The lowest BCUT2D eigenvalue weighted by atomic mass is 9.94. The zero-order valence-electron chi connectivity index (χ0n) is 9.59. The van der Waals surface area contributed by atoms with Crippen LogP contribution in [0, 0.1) is 0 Å². The largest absolute Gasteiger partial charge is 0.468 e. The molecule has 0 unspecified atom stereocenters. The highest BCUT2D eigenvalue weighted by atomic mass is 32.2. The van der Waals surface area contributed by atoms with Gasteiger partial charge in [0.1, 0.15) is 0 Å². The van der Waals surface area contributed by atoms with Crippen LogP contribution >= 0.6 is 0 Å². The van der Waals surface area contributed by atoms with Gasteiger partial charge in [-0.3, -0.25) is 9.00 Å². The second kappa shape index (κ2) is 4.84. The summed E-state index contributed by atoms with van der Waals surface area (Å²) in [5.74, 6) is -0.0318. The van der Waals surface area contributed by atoms with E-state index >= 15 is 0 Å². The molecule has 1 aliphatic rings. The van der Waals surface area contributed by atoms with Crippen LogP contribution in [0.4, 0.5) is 0 Å². The molecule has 0 N–H and O–H groups in total. The first-order valence-corrected chi connectivity index (χ1v) is 6.71. The molecule has 1 heterocycles. The minimum Gasteiger partial charge on any atom is -0.468 e. The van der Waals surface area contributed by atoms with E-state index < -0.39 is 21.5 Å². The molecule has 0 saturated heterocycles. The third kappa shape index (κ3) is 1.93. The number of benzene rings is 1. The van der Waals surface area contributed by atoms with Crippen molar-refractivity contribution < 1.29 is 13.7 Å². The first-order chi connectivity index (χ1) is 8.21. The van der Waals surface area contributed by atoms with Crippen LogP contribution in [0.15, 0.2) is 42.5 Å². The molecule has 17 heavy (non-hydrogen) atoms. The van der Waals surface area contributed by atoms with Crippen molar-refractivity contribution in [2.75, 3.05) is 12.9 Å². The van der Waals surface area contributed by atoms with E-state index in [-0.39, 0.29) is 0 Å². The number of methoxy groups -OCH3 is 1. The van der Waals surface area contributed by atoms with Gasteiger partial charge >= 0.3 is 5.97 Å². The second-order valence-corrected chi connectivity index (χ2v) is 5.59. The van der Waals surface area contributed by atoms with Crippen LogP contribution in [0.2, 0.25) is 0 Å². The van der Waals surface area contributed by atoms with Gasteiger partial charge in [-0.2, -0.15) is 0 Å². The molecule has 1 aliphatic heterocycles. The van der Waals surface area contributed by atoms with Gasteiger partial charge in [0, 0.05) is 16.6 Å². The highest BCUT2D eigenvalue weighted by Crippen LogP contribution is 2.36. The summed E-state index contributed by atoms with van der Waals surface area (Å²) in [5.41, 5.74) is 0.759. The molecule has 90 valence electrons. The van der Waals surface area contributed by atoms with Gasteiger partial charge in [-0.1, -0.05) is 42.5 Å². The monoisotopic (exact) mass is 250 g/mol. The summed E-state index contributed by atoms with van der Waals surface area (Å²) in [6, 6.07) is 9.21. The molecule has 0 radical (unpaired) electrons. The molecule has 3 nitrogen and oxygen atoms in total. The molecule has 0 bridgehead atoms. The lowest BCUT2D eigenvalue weighted by Gasteiger charge is -2.31. The third-order valence-corrected chi connectivity index (χ3v) is 4.81. The van der Waals surface area contributed by atoms with Gasteiger partial charge in [-0.25, -0.2) is 0 Å². The summed E-state index contributed by atoms with van der Waals surface area (Å²) in [7, 11) is 0.0570. The van der Waals surface area contributed by atoms with Gasteiger partial charge in [0.25, 0.3) is 0 Å². The zero-order valence-corrected chi connectivity index (χ0v) is 10.4. The molecule has 2 rings (SSSR count). The van der Waals surface area contributed by atoms with Gasteiger partial charge < -0.3 is 4.74 Å². The Morgan fingerprint density at radius 2 is 2.00 bits per heavy atom. The van der Waals surface area contributed by atoms with Crippen LogP contribution in [0.25, 0.3) is 0 Å². The predicted molar refractivity (Wildman–Crippen MR) is 66.9 cm³/mol. The Hall–Kier alpha value is -1.42. The normalized spacial score (nSPS) is 27.7. The maximum absolute atomic E-state index is 12.3. The lowest BCUT2D eigenvalue weighted by Crippen LogP contribution is -2.43. The SMILES string of the molecule is COC(=O)[C@@]1(c2ccccc2)CC=CC[S@@]1=O. The quantitative estimate of drug-likeness (QED) is 0.593. The summed E-state index contributed by atoms with van der Waals surface area (Å²) in [6.45, 7) is 0. The third-order valence-electron chi connectivity index (χ3n) is 2.96. The lowest BCUT2D eigenvalue weighted by molar-refractivity contribution is -0.143. The fraction of sp³-hybridized carbons (Fsp3) is 0.308. The zero-order chi connectivity index (χ0) is 12.3. The smallest absolute Gasteiger partial charge is 0.329 e. The van der Waals surface area contributed by atoms with Crippen LogP contribution in [-0.4, -0.2) is 23.0 Å². The number of ether oxygens (including phenoxy) is 1. The van der Waals surface area contributed by atoms with Crippen LogP contribution < -0.4 is 0 Å². The molecule has 1 aromatic rings. The molecule has 0 fully saturated rings. The number of carbonyl (C=O) groups is 1. The van der Waals surface area contributed by atoms with Crippen LogP contribution in [0.1, 0.15) is 12.0 Å². The Labute approximate surface area is 103 Å². The van der Waals surface area contributed by atoms with Crippen molar-refractivity contribution in [3.8, 4) is 0 Å². The van der Waals surface area contributed by atoms with Crippen LogP contribution in [0.3, 0.4) is 0 Å². The van der Waals surface area contributed by atoms with Gasteiger partial charge in [-0.05, 0) is 12.0 Å². The van der Waals surface area contributed by atoms with E-state index in [0.717, 1.165) is 5.56 Å². The number of hydrogen-bond donors (Lipinski definition) is 0. The van der Waals surface area contributed by atoms with Crippen LogP contribution in [0.5, 0.6) is 0 Å². The van der Waals surface area contributed by atoms with E-state index in [1.54, 1.807) is 0 Å². The van der Waals surface area contributed by atoms with E-state index in [1.807, 2.05) is 42.5 Å². The van der Waals surface area contributed by atoms with Gasteiger partial charge in [0.2, 0.25) is 0 Å². The summed E-state index contributed by atoms with van der Waals surface area (Å²) in [5, 5.41) is 0. The number of hydrogen-bond acceptors (Lipinski definition) is 3. The molecule has 0 spiro atoms. The number of rotatable bonds is 2. The van der Waals surface area contributed by atoms with Gasteiger partial charge in [0.05, 0.1) is 7.11 Å². The highest BCUT2D eigenvalue weighted by molar-refractivity contribution is 7.87. The molecule has 0 aliphatic carbocycles. The fourth-order valence-corrected chi connectivity index (χ4v) is 3.60. The van der Waals surface area contributed by atoms with Crippen molar-refractivity contribution in [2.24, 2.45) is 0 Å². The van der Waals surface area contributed by atoms with Crippen molar-refractivity contribution in [1.82, 2.24) is 0 Å². The fourth-order valence-electron chi connectivity index (χ4n) is 2.06. The average molecular weight is 250 g/mol. The standard InChI is InChI=1S/C13H14O3S/c1-16-12(14)13(9-5-6-10-17(13)15)11-7-3-2-4-8-11/h2-8H,9-10H2,1H3/t13-,17-/m0/s1. The summed E-state index contributed by atoms with van der Waals surface area (Å²) in [6.07, 6.45) is 4.17. The van der Waals surface area contributed by atoms with E-state index in [4.69, 9.17) is 4.74 Å². The second-order valence-electron chi connectivity index (χ2n) is 3.87. The first kappa shape index (κ1) is 12.0. The maximum Gasteiger partial charge on any atom is 0.329 e. The minimum absolute atomic E-state index is 0.393. The van der Waals surface area contributed by atoms with Crippen molar-refractivity contribution in [3.05, 3.63) is 48.0 Å². The minimum atomic E-state index is -1.28. The van der Waals surface area contributed by atoms with Crippen molar-refractivity contribution in [1.29, 1.82) is 0 Å². The maximum atomic E-state index is 12.3. The Morgan fingerprint density at radius 3 is 2.59 bits per heavy atom. The van der Waals surface area contributed by atoms with Crippen molar-refractivity contribution in [2.45, 2.75) is 11.2 Å². The van der Waals surface area contributed by atoms with Crippen LogP contribution in [-0.2, 0) is 25.1 Å². The Bertz CT molecular complexity index is 467. The van der Waals surface area contributed by atoms with E-state index in [1.165, 1.54) is 7.11 Å². The van der Waals surface area contributed by atoms with E-state index in [0.29, 0.717) is 12.2 Å². The molecule has 2 atom stereocenters. The first-order valence-electron chi connectivity index (χ1n) is 5.39. The van der Waals surface area contributed by atoms with E-state index in [9.17, 15) is 9.00 Å². The topological polar surface area (TPSA) is 43.4 Å². The molecule has 4 heteroatoms. The number of allylic oxidation sites excluding steroid dienone is 1. The Balaban J connectivity index is 2.55. The molecule has 1 aromatic carbocycles. The Morgan fingerprint density at radius 1 is 1.29 bits per heavy atom. The number of esters is 1. The van der Waals surface area contributed by atoms with E-state index in [2.05, 4.69) is 0 Å². The molecule has 0 aromatic heterocycles.